The van der Waals surface area contributed by atoms with Crippen LogP contribution in [-0.2, 0) is 4.79 Å². The number of anilines is 1. The molecule has 0 aliphatic carbocycles. The Morgan fingerprint density at radius 3 is 2.64 bits per heavy atom. The van der Waals surface area contributed by atoms with Crippen LogP contribution in [0.25, 0.3) is 0 Å². The minimum atomic E-state index is -0.256. The summed E-state index contributed by atoms with van der Waals surface area (Å²) in [5.74, 6) is -0.256. The summed E-state index contributed by atoms with van der Waals surface area (Å²) < 4.78 is 12.6. The molecule has 1 aromatic carbocycles. The van der Waals surface area contributed by atoms with Crippen molar-refractivity contribution in [1.29, 1.82) is 0 Å². The van der Waals surface area contributed by atoms with Crippen LogP contribution >= 0.6 is 0 Å². The second-order valence-corrected chi connectivity index (χ2v) is 2.87. The molecule has 74 valence electrons. The maximum Gasteiger partial charge on any atom is 0.235 e. The van der Waals surface area contributed by atoms with Crippen LogP contribution in [0, 0.1) is 5.82 Å². The predicted molar refractivity (Wildman–Crippen MR) is 52.7 cm³/mol. The van der Waals surface area contributed by atoms with E-state index in [1.165, 1.54) is 18.2 Å². The SMILES string of the molecule is CN(CCN=C=O)c1ccc(F)cc1. The van der Waals surface area contributed by atoms with Gasteiger partial charge in [-0.25, -0.2) is 14.2 Å². The third kappa shape index (κ3) is 2.99. The van der Waals surface area contributed by atoms with Gasteiger partial charge in [0.2, 0.25) is 6.08 Å². The van der Waals surface area contributed by atoms with Crippen molar-refractivity contribution in [2.45, 2.75) is 0 Å². The lowest BCUT2D eigenvalue weighted by molar-refractivity contribution is 0.563. The molecule has 0 radical (unpaired) electrons. The molecular weight excluding hydrogens is 183 g/mol. The van der Waals surface area contributed by atoms with Crippen LogP contribution in [0.1, 0.15) is 0 Å². The molecule has 0 heterocycles. The molecule has 0 saturated heterocycles. The van der Waals surface area contributed by atoms with Gasteiger partial charge in [0.1, 0.15) is 5.82 Å². The molecule has 1 aromatic rings. The van der Waals surface area contributed by atoms with Crippen LogP contribution in [0.3, 0.4) is 0 Å². The van der Waals surface area contributed by atoms with E-state index in [0.29, 0.717) is 13.1 Å². The smallest absolute Gasteiger partial charge is 0.235 e. The van der Waals surface area contributed by atoms with E-state index in [2.05, 4.69) is 4.99 Å². The molecule has 1 rings (SSSR count). The highest BCUT2D eigenvalue weighted by molar-refractivity contribution is 5.45. The topological polar surface area (TPSA) is 32.7 Å². The molecule has 0 N–H and O–H groups in total. The summed E-state index contributed by atoms with van der Waals surface area (Å²) in [4.78, 5) is 15.1. The Kier molecular flexibility index (Phi) is 3.83. The summed E-state index contributed by atoms with van der Waals surface area (Å²) in [6, 6.07) is 6.16. The number of rotatable bonds is 4. The minimum absolute atomic E-state index is 0.256. The lowest BCUT2D eigenvalue weighted by atomic mass is 10.3. The van der Waals surface area contributed by atoms with Gasteiger partial charge in [-0.05, 0) is 24.3 Å². The zero-order valence-corrected chi connectivity index (χ0v) is 7.90. The van der Waals surface area contributed by atoms with Crippen LogP contribution < -0.4 is 4.90 Å². The minimum Gasteiger partial charge on any atom is -0.373 e. The average Bonchev–Trinajstić information content (AvgIpc) is 2.19. The standard InChI is InChI=1S/C10H11FN2O/c1-13(7-6-12-8-14)10-4-2-9(11)3-5-10/h2-5H,6-7H2,1H3. The molecule has 4 heteroatoms. The summed E-state index contributed by atoms with van der Waals surface area (Å²) in [5.41, 5.74) is 0.896. The van der Waals surface area contributed by atoms with Gasteiger partial charge in [-0.3, -0.25) is 0 Å². The number of benzene rings is 1. The Labute approximate surface area is 81.9 Å². The van der Waals surface area contributed by atoms with E-state index >= 15 is 0 Å². The second kappa shape index (κ2) is 5.14. The maximum atomic E-state index is 12.6. The summed E-state index contributed by atoms with van der Waals surface area (Å²) in [5, 5.41) is 0. The summed E-state index contributed by atoms with van der Waals surface area (Å²) >= 11 is 0. The molecule has 3 nitrogen and oxygen atoms in total. The monoisotopic (exact) mass is 194 g/mol. The van der Waals surface area contributed by atoms with E-state index in [-0.39, 0.29) is 5.82 Å². The van der Waals surface area contributed by atoms with E-state index in [0.717, 1.165) is 5.69 Å². The molecular formula is C10H11FN2O. The zero-order valence-electron chi connectivity index (χ0n) is 7.90. The molecule has 14 heavy (non-hydrogen) atoms. The first kappa shape index (κ1) is 10.4. The molecule has 0 aliphatic heterocycles. The van der Waals surface area contributed by atoms with Gasteiger partial charge in [0, 0.05) is 19.3 Å². The van der Waals surface area contributed by atoms with Crippen molar-refractivity contribution in [3.05, 3.63) is 30.1 Å². The molecule has 0 saturated carbocycles. The number of nitrogens with zero attached hydrogens (tertiary/aromatic N) is 2. The number of hydrogen-bond donors (Lipinski definition) is 0. The van der Waals surface area contributed by atoms with Crippen molar-refractivity contribution >= 4 is 11.8 Å². The molecule has 0 aromatic heterocycles. The van der Waals surface area contributed by atoms with Gasteiger partial charge in [0.05, 0.1) is 6.54 Å². The summed E-state index contributed by atoms with van der Waals surface area (Å²) in [7, 11) is 1.85. The highest BCUT2D eigenvalue weighted by atomic mass is 19.1. The molecule has 0 atom stereocenters. The van der Waals surface area contributed by atoms with E-state index in [1.807, 2.05) is 11.9 Å². The number of halogens is 1. The first-order valence-electron chi connectivity index (χ1n) is 4.24. The summed E-state index contributed by atoms with van der Waals surface area (Å²) in [6.45, 7) is 1.01. The first-order valence-corrected chi connectivity index (χ1v) is 4.24. The Morgan fingerprint density at radius 2 is 2.07 bits per heavy atom. The summed E-state index contributed by atoms with van der Waals surface area (Å²) in [6.07, 6.45) is 1.47. The van der Waals surface area contributed by atoms with Crippen LogP contribution in [0.15, 0.2) is 29.3 Å². The van der Waals surface area contributed by atoms with Gasteiger partial charge in [-0.1, -0.05) is 0 Å². The normalized spacial score (nSPS) is 9.29. The Bertz CT molecular complexity index is 330. The Balaban J connectivity index is 2.55. The van der Waals surface area contributed by atoms with Gasteiger partial charge in [-0.15, -0.1) is 0 Å². The van der Waals surface area contributed by atoms with Crippen LogP contribution in [-0.4, -0.2) is 26.2 Å². The fourth-order valence-corrected chi connectivity index (χ4v) is 1.07. The lowest BCUT2D eigenvalue weighted by Crippen LogP contribution is -2.20. The third-order valence-electron chi connectivity index (χ3n) is 1.88. The van der Waals surface area contributed by atoms with Crippen LogP contribution in [0.5, 0.6) is 0 Å². The highest BCUT2D eigenvalue weighted by Crippen LogP contribution is 2.12. The fraction of sp³-hybridized carbons (Fsp3) is 0.300. The van der Waals surface area contributed by atoms with Crippen LogP contribution in [0.2, 0.25) is 0 Å². The van der Waals surface area contributed by atoms with Crippen molar-refractivity contribution in [2.75, 3.05) is 25.0 Å². The number of aliphatic imine (C=N–C) groups is 1. The van der Waals surface area contributed by atoms with E-state index in [4.69, 9.17) is 0 Å². The van der Waals surface area contributed by atoms with Gasteiger partial charge in [0.25, 0.3) is 0 Å². The molecule has 0 fully saturated rings. The highest BCUT2D eigenvalue weighted by Gasteiger charge is 1.99. The molecule has 0 unspecified atom stereocenters. The Morgan fingerprint density at radius 1 is 1.43 bits per heavy atom. The van der Waals surface area contributed by atoms with Crippen molar-refractivity contribution in [3.63, 3.8) is 0 Å². The lowest BCUT2D eigenvalue weighted by Gasteiger charge is -2.17. The first-order chi connectivity index (χ1) is 6.74. The average molecular weight is 194 g/mol. The second-order valence-electron chi connectivity index (χ2n) is 2.87. The Hall–Kier alpha value is -1.67. The number of carbonyl (C=O) groups excluding carboxylic acids is 1. The quantitative estimate of drug-likeness (QED) is 0.538. The largest absolute Gasteiger partial charge is 0.373 e. The van der Waals surface area contributed by atoms with Gasteiger partial charge >= 0.3 is 0 Å². The van der Waals surface area contributed by atoms with Crippen molar-refractivity contribution in [1.82, 2.24) is 0 Å². The van der Waals surface area contributed by atoms with Gasteiger partial charge < -0.3 is 4.90 Å². The van der Waals surface area contributed by atoms with Crippen LogP contribution in [0.4, 0.5) is 10.1 Å². The van der Waals surface area contributed by atoms with Crippen molar-refractivity contribution in [3.8, 4) is 0 Å². The zero-order chi connectivity index (χ0) is 10.4. The molecule has 0 amide bonds. The number of isocyanates is 1. The number of likely N-dealkylation sites (N-methyl/N-ethyl adjacent to an activating group) is 1. The van der Waals surface area contributed by atoms with E-state index in [1.54, 1.807) is 12.1 Å². The van der Waals surface area contributed by atoms with E-state index < -0.39 is 0 Å². The number of hydrogen-bond acceptors (Lipinski definition) is 3. The van der Waals surface area contributed by atoms with E-state index in [9.17, 15) is 9.18 Å². The molecule has 0 aliphatic rings. The third-order valence-corrected chi connectivity index (χ3v) is 1.88. The van der Waals surface area contributed by atoms with Gasteiger partial charge in [0.15, 0.2) is 0 Å². The fourth-order valence-electron chi connectivity index (χ4n) is 1.07. The van der Waals surface area contributed by atoms with Gasteiger partial charge in [-0.2, -0.15) is 0 Å². The van der Waals surface area contributed by atoms with Crippen molar-refractivity contribution < 1.29 is 9.18 Å². The molecule has 0 spiro atoms. The molecule has 0 bridgehead atoms. The maximum absolute atomic E-state index is 12.6. The van der Waals surface area contributed by atoms with Crippen molar-refractivity contribution in [2.24, 2.45) is 4.99 Å². The predicted octanol–water partition coefficient (Wildman–Crippen LogP) is 1.60.